The van der Waals surface area contributed by atoms with Crippen molar-refractivity contribution in [2.75, 3.05) is 26.5 Å². The number of methoxy groups -OCH3 is 2. The SMILES string of the molecule is COc1ccc(CCNC(=O)CSc2ccc(Br)cc2C)cc1OC. The Hall–Kier alpha value is -1.66. The zero-order valence-electron chi connectivity index (χ0n) is 14.6. The van der Waals surface area contributed by atoms with Gasteiger partial charge in [-0.25, -0.2) is 0 Å². The average molecular weight is 424 g/mol. The number of aryl methyl sites for hydroxylation is 1. The summed E-state index contributed by atoms with van der Waals surface area (Å²) in [5.41, 5.74) is 2.26. The molecule has 0 unspecified atom stereocenters. The third-order valence-electron chi connectivity index (χ3n) is 3.68. The van der Waals surface area contributed by atoms with Crippen LogP contribution in [0.2, 0.25) is 0 Å². The summed E-state index contributed by atoms with van der Waals surface area (Å²) >= 11 is 5.00. The summed E-state index contributed by atoms with van der Waals surface area (Å²) in [6, 6.07) is 11.9. The number of ether oxygens (including phenoxy) is 2. The standard InChI is InChI=1S/C19H22BrNO3S/c1-13-10-15(20)5-7-18(13)25-12-19(22)21-9-8-14-4-6-16(23-2)17(11-14)24-3/h4-7,10-11H,8-9,12H2,1-3H3,(H,21,22). The van der Waals surface area contributed by atoms with E-state index in [0.29, 0.717) is 23.8 Å². The topological polar surface area (TPSA) is 47.6 Å². The number of amides is 1. The van der Waals surface area contributed by atoms with Gasteiger partial charge >= 0.3 is 0 Å². The first-order chi connectivity index (χ1) is 12.0. The first-order valence-corrected chi connectivity index (χ1v) is 9.68. The summed E-state index contributed by atoms with van der Waals surface area (Å²) < 4.78 is 11.6. The minimum atomic E-state index is 0.0350. The number of carbonyl (C=O) groups is 1. The Labute approximate surface area is 161 Å². The molecule has 1 amide bonds. The summed E-state index contributed by atoms with van der Waals surface area (Å²) in [5, 5.41) is 2.96. The number of carbonyl (C=O) groups excluding carboxylic acids is 1. The van der Waals surface area contributed by atoms with Crippen LogP contribution in [0.5, 0.6) is 11.5 Å². The van der Waals surface area contributed by atoms with E-state index in [0.717, 1.165) is 26.9 Å². The Kier molecular flexibility index (Phi) is 7.65. The minimum Gasteiger partial charge on any atom is -0.493 e. The van der Waals surface area contributed by atoms with E-state index in [1.165, 1.54) is 0 Å². The first-order valence-electron chi connectivity index (χ1n) is 7.90. The molecule has 2 aromatic rings. The van der Waals surface area contributed by atoms with E-state index in [1.54, 1.807) is 26.0 Å². The third kappa shape index (κ3) is 5.97. The molecule has 4 nitrogen and oxygen atoms in total. The lowest BCUT2D eigenvalue weighted by atomic mass is 10.1. The van der Waals surface area contributed by atoms with Gasteiger partial charge in [0.25, 0.3) is 0 Å². The summed E-state index contributed by atoms with van der Waals surface area (Å²) in [5.74, 6) is 1.85. The second kappa shape index (κ2) is 9.73. The molecule has 0 aliphatic heterocycles. The molecule has 0 radical (unpaired) electrons. The number of thioether (sulfide) groups is 1. The predicted molar refractivity (Wildman–Crippen MR) is 106 cm³/mol. The number of hydrogen-bond donors (Lipinski definition) is 1. The van der Waals surface area contributed by atoms with Gasteiger partial charge in [-0.2, -0.15) is 0 Å². The van der Waals surface area contributed by atoms with Crippen molar-refractivity contribution in [3.63, 3.8) is 0 Å². The molecule has 0 aliphatic rings. The molecule has 0 saturated heterocycles. The van der Waals surface area contributed by atoms with Crippen LogP contribution in [0, 0.1) is 6.92 Å². The quantitative estimate of drug-likeness (QED) is 0.645. The molecule has 0 heterocycles. The Morgan fingerprint density at radius 1 is 1.12 bits per heavy atom. The largest absolute Gasteiger partial charge is 0.493 e. The fourth-order valence-electron chi connectivity index (χ4n) is 2.35. The molecular weight excluding hydrogens is 402 g/mol. The van der Waals surface area contributed by atoms with Crippen LogP contribution in [0.1, 0.15) is 11.1 Å². The fraction of sp³-hybridized carbons (Fsp3) is 0.316. The summed E-state index contributed by atoms with van der Waals surface area (Å²) in [6.45, 7) is 2.64. The second-order valence-electron chi connectivity index (χ2n) is 5.49. The van der Waals surface area contributed by atoms with E-state index < -0.39 is 0 Å². The fourth-order valence-corrected chi connectivity index (χ4v) is 3.67. The Balaban J connectivity index is 1.78. The van der Waals surface area contributed by atoms with Crippen molar-refractivity contribution in [2.24, 2.45) is 0 Å². The lowest BCUT2D eigenvalue weighted by Gasteiger charge is -2.10. The number of hydrogen-bond acceptors (Lipinski definition) is 4. The maximum absolute atomic E-state index is 12.0. The molecule has 0 fully saturated rings. The molecule has 0 bridgehead atoms. The van der Waals surface area contributed by atoms with E-state index in [-0.39, 0.29) is 5.91 Å². The van der Waals surface area contributed by atoms with Gasteiger partial charge in [-0.15, -0.1) is 11.8 Å². The highest BCUT2D eigenvalue weighted by atomic mass is 79.9. The van der Waals surface area contributed by atoms with E-state index in [1.807, 2.05) is 37.3 Å². The van der Waals surface area contributed by atoms with Crippen LogP contribution in [-0.2, 0) is 11.2 Å². The number of halogens is 1. The molecule has 0 saturated carbocycles. The monoisotopic (exact) mass is 423 g/mol. The zero-order chi connectivity index (χ0) is 18.2. The third-order valence-corrected chi connectivity index (χ3v) is 5.35. The van der Waals surface area contributed by atoms with E-state index in [4.69, 9.17) is 9.47 Å². The van der Waals surface area contributed by atoms with Crippen LogP contribution in [0.15, 0.2) is 45.8 Å². The minimum absolute atomic E-state index is 0.0350. The highest BCUT2D eigenvalue weighted by Crippen LogP contribution is 2.27. The van der Waals surface area contributed by atoms with Gasteiger partial charge in [0.2, 0.25) is 5.91 Å². The van der Waals surface area contributed by atoms with Crippen LogP contribution in [0.4, 0.5) is 0 Å². The van der Waals surface area contributed by atoms with E-state index >= 15 is 0 Å². The highest BCUT2D eigenvalue weighted by molar-refractivity contribution is 9.10. The van der Waals surface area contributed by atoms with Gasteiger partial charge in [0.05, 0.1) is 20.0 Å². The smallest absolute Gasteiger partial charge is 0.230 e. The van der Waals surface area contributed by atoms with Crippen molar-refractivity contribution in [3.8, 4) is 11.5 Å². The molecule has 0 aliphatic carbocycles. The van der Waals surface area contributed by atoms with Crippen LogP contribution in [0.3, 0.4) is 0 Å². The van der Waals surface area contributed by atoms with Crippen molar-refractivity contribution in [3.05, 3.63) is 52.0 Å². The van der Waals surface area contributed by atoms with Crippen LogP contribution in [-0.4, -0.2) is 32.4 Å². The van der Waals surface area contributed by atoms with Crippen molar-refractivity contribution >= 4 is 33.6 Å². The normalized spacial score (nSPS) is 10.4. The molecule has 2 aromatic carbocycles. The molecule has 25 heavy (non-hydrogen) atoms. The van der Waals surface area contributed by atoms with Crippen LogP contribution < -0.4 is 14.8 Å². The zero-order valence-corrected chi connectivity index (χ0v) is 17.0. The molecular formula is C19H22BrNO3S. The summed E-state index contributed by atoms with van der Waals surface area (Å²) in [4.78, 5) is 13.1. The molecule has 134 valence electrons. The molecule has 0 aromatic heterocycles. The van der Waals surface area contributed by atoms with Crippen molar-refractivity contribution in [1.29, 1.82) is 0 Å². The van der Waals surface area contributed by atoms with Crippen molar-refractivity contribution in [1.82, 2.24) is 5.32 Å². The Bertz CT molecular complexity index is 737. The van der Waals surface area contributed by atoms with Gasteiger partial charge in [0.1, 0.15) is 0 Å². The Morgan fingerprint density at radius 3 is 2.56 bits per heavy atom. The summed E-state index contributed by atoms with van der Waals surface area (Å²) in [6.07, 6.45) is 0.744. The number of nitrogens with one attached hydrogen (secondary N) is 1. The maximum Gasteiger partial charge on any atom is 0.230 e. The summed E-state index contributed by atoms with van der Waals surface area (Å²) in [7, 11) is 3.23. The molecule has 0 atom stereocenters. The average Bonchev–Trinajstić information content (AvgIpc) is 2.60. The van der Waals surface area contributed by atoms with Crippen LogP contribution >= 0.6 is 27.7 Å². The maximum atomic E-state index is 12.0. The lowest BCUT2D eigenvalue weighted by Crippen LogP contribution is -2.27. The number of benzene rings is 2. The van der Waals surface area contributed by atoms with Crippen molar-refractivity contribution in [2.45, 2.75) is 18.2 Å². The molecule has 2 rings (SSSR count). The van der Waals surface area contributed by atoms with Gasteiger partial charge in [-0.05, 0) is 54.8 Å². The van der Waals surface area contributed by atoms with Crippen LogP contribution in [0.25, 0.3) is 0 Å². The van der Waals surface area contributed by atoms with Gasteiger partial charge in [0, 0.05) is 15.9 Å². The second-order valence-corrected chi connectivity index (χ2v) is 7.42. The van der Waals surface area contributed by atoms with Crippen molar-refractivity contribution < 1.29 is 14.3 Å². The van der Waals surface area contributed by atoms with E-state index in [2.05, 4.69) is 27.3 Å². The number of rotatable bonds is 8. The first kappa shape index (κ1) is 19.7. The lowest BCUT2D eigenvalue weighted by molar-refractivity contribution is -0.118. The highest BCUT2D eigenvalue weighted by Gasteiger charge is 2.07. The molecule has 0 spiro atoms. The molecule has 6 heteroatoms. The van der Waals surface area contributed by atoms with Gasteiger partial charge in [-0.3, -0.25) is 4.79 Å². The van der Waals surface area contributed by atoms with E-state index in [9.17, 15) is 4.79 Å². The molecule has 1 N–H and O–H groups in total. The predicted octanol–water partition coefficient (Wildman–Crippen LogP) is 4.23. The van der Waals surface area contributed by atoms with Gasteiger partial charge in [-0.1, -0.05) is 22.0 Å². The van der Waals surface area contributed by atoms with Gasteiger partial charge < -0.3 is 14.8 Å². The Morgan fingerprint density at radius 2 is 1.88 bits per heavy atom. The van der Waals surface area contributed by atoms with Gasteiger partial charge in [0.15, 0.2) is 11.5 Å².